The Balaban J connectivity index is 3.93. The lowest BCUT2D eigenvalue weighted by Gasteiger charge is -2.34. The Bertz CT molecular complexity index is 677. The summed E-state index contributed by atoms with van der Waals surface area (Å²) in [6.07, 6.45) is 23.4. The van der Waals surface area contributed by atoms with Gasteiger partial charge >= 0.3 is 11.9 Å². The molecular formula is C34H65NO7. The van der Waals surface area contributed by atoms with Crippen molar-refractivity contribution in [3.05, 3.63) is 0 Å². The predicted molar refractivity (Wildman–Crippen MR) is 167 cm³/mol. The normalized spacial score (nSPS) is 13.1. The van der Waals surface area contributed by atoms with Crippen molar-refractivity contribution in [1.82, 2.24) is 0 Å². The highest BCUT2D eigenvalue weighted by Gasteiger charge is 2.25. The molecule has 0 saturated heterocycles. The minimum atomic E-state index is -1.13. The third kappa shape index (κ3) is 24.9. The summed E-state index contributed by atoms with van der Waals surface area (Å²) in [7, 11) is 5.36. The van der Waals surface area contributed by atoms with Crippen LogP contribution in [0.4, 0.5) is 0 Å². The lowest BCUT2D eigenvalue weighted by atomic mass is 10.0. The fourth-order valence-corrected chi connectivity index (χ4v) is 5.05. The Kier molecular flexibility index (Phi) is 25.8. The van der Waals surface area contributed by atoms with E-state index in [0.29, 0.717) is 6.42 Å². The molecule has 0 heterocycles. The molecule has 0 aromatic rings. The van der Waals surface area contributed by atoms with Crippen LogP contribution in [0, 0.1) is 0 Å². The number of ether oxygens (including phenoxy) is 3. The van der Waals surface area contributed by atoms with E-state index in [9.17, 15) is 19.5 Å². The largest absolute Gasteiger partial charge is 0.544 e. The van der Waals surface area contributed by atoms with Gasteiger partial charge in [-0.1, -0.05) is 123 Å². The van der Waals surface area contributed by atoms with E-state index < -0.39 is 18.1 Å². The average Bonchev–Trinajstić information content (AvgIpc) is 2.93. The fourth-order valence-electron chi connectivity index (χ4n) is 5.05. The first-order valence-corrected chi connectivity index (χ1v) is 17.1. The number of carbonyl (C=O) groups is 3. The summed E-state index contributed by atoms with van der Waals surface area (Å²) in [6, 6.07) is -0.714. The van der Waals surface area contributed by atoms with Gasteiger partial charge in [0.2, 0.25) is 0 Å². The zero-order valence-electron chi connectivity index (χ0n) is 27.9. The molecule has 0 bridgehead atoms. The molecule has 0 amide bonds. The number of unbranched alkanes of at least 4 members (excludes halogenated alkanes) is 17. The monoisotopic (exact) mass is 599 g/mol. The molecular weight excluding hydrogens is 534 g/mol. The smallest absolute Gasteiger partial charge is 0.306 e. The lowest BCUT2D eigenvalue weighted by molar-refractivity contribution is -0.889. The van der Waals surface area contributed by atoms with Gasteiger partial charge in [-0.3, -0.25) is 9.59 Å². The van der Waals surface area contributed by atoms with E-state index in [4.69, 9.17) is 14.2 Å². The summed E-state index contributed by atoms with van der Waals surface area (Å²) in [6.45, 7) is 4.11. The SMILES string of the molecule is CCCCCCCCCCCCCCCCCCCCC(=O)OC(COCCC(C(=O)[O-])[N+](C)(C)C)COC(=O)CC. The third-order valence-electron chi connectivity index (χ3n) is 7.80. The second-order valence-corrected chi connectivity index (χ2v) is 12.7. The lowest BCUT2D eigenvalue weighted by Crippen LogP contribution is -2.55. The van der Waals surface area contributed by atoms with E-state index in [0.717, 1.165) is 19.3 Å². The van der Waals surface area contributed by atoms with Crippen molar-refractivity contribution in [2.45, 2.75) is 161 Å². The molecule has 0 aliphatic carbocycles. The summed E-state index contributed by atoms with van der Waals surface area (Å²) in [5, 5.41) is 11.4. The van der Waals surface area contributed by atoms with Crippen LogP contribution in [0.2, 0.25) is 0 Å². The number of nitrogens with zero attached hydrogens (tertiary/aromatic N) is 1. The van der Waals surface area contributed by atoms with Crippen molar-refractivity contribution >= 4 is 17.9 Å². The Hall–Kier alpha value is -1.67. The van der Waals surface area contributed by atoms with Crippen LogP contribution >= 0.6 is 0 Å². The van der Waals surface area contributed by atoms with Gasteiger partial charge in [0.1, 0.15) is 12.6 Å². The van der Waals surface area contributed by atoms with Gasteiger partial charge in [0.25, 0.3) is 0 Å². The van der Waals surface area contributed by atoms with Crippen molar-refractivity contribution in [3.63, 3.8) is 0 Å². The predicted octanol–water partition coefficient (Wildman–Crippen LogP) is 6.51. The van der Waals surface area contributed by atoms with Crippen LogP contribution in [0.15, 0.2) is 0 Å². The number of esters is 2. The molecule has 248 valence electrons. The van der Waals surface area contributed by atoms with E-state index in [-0.39, 0.29) is 49.1 Å². The maximum atomic E-state index is 12.4. The summed E-state index contributed by atoms with van der Waals surface area (Å²) < 4.78 is 16.5. The molecule has 0 aromatic carbocycles. The summed E-state index contributed by atoms with van der Waals surface area (Å²) >= 11 is 0. The Morgan fingerprint density at radius 1 is 0.643 bits per heavy atom. The molecule has 0 aliphatic heterocycles. The number of carbonyl (C=O) groups excluding carboxylic acids is 3. The van der Waals surface area contributed by atoms with Gasteiger partial charge < -0.3 is 28.6 Å². The summed E-state index contributed by atoms with van der Waals surface area (Å²) in [4.78, 5) is 35.4. The zero-order chi connectivity index (χ0) is 31.5. The third-order valence-corrected chi connectivity index (χ3v) is 7.80. The van der Waals surface area contributed by atoms with Crippen LogP contribution in [-0.2, 0) is 28.6 Å². The van der Waals surface area contributed by atoms with E-state index in [1.165, 1.54) is 96.3 Å². The van der Waals surface area contributed by atoms with Crippen LogP contribution in [0.3, 0.4) is 0 Å². The molecule has 0 spiro atoms. The van der Waals surface area contributed by atoms with Gasteiger partial charge in [-0.15, -0.1) is 0 Å². The highest BCUT2D eigenvalue weighted by Crippen LogP contribution is 2.15. The standard InChI is InChI=1S/C34H65NO7/c1-6-8-9-10-11-12-13-14-15-16-17-18-19-20-21-22-23-24-25-33(37)42-30(29-41-32(36)7-2)28-40-27-26-31(34(38)39)35(3,4)5/h30-31H,6-29H2,1-5H3. The Labute approximate surface area is 257 Å². The number of rotatable bonds is 30. The van der Waals surface area contributed by atoms with E-state index in [1.54, 1.807) is 28.1 Å². The molecule has 0 saturated carbocycles. The molecule has 0 aliphatic rings. The molecule has 0 radical (unpaired) electrons. The minimum absolute atomic E-state index is 0.0404. The number of quaternary nitrogens is 1. The highest BCUT2D eigenvalue weighted by molar-refractivity contribution is 5.70. The van der Waals surface area contributed by atoms with Crippen molar-refractivity contribution < 1.29 is 38.2 Å². The molecule has 0 rings (SSSR count). The highest BCUT2D eigenvalue weighted by atomic mass is 16.6. The van der Waals surface area contributed by atoms with Crippen LogP contribution < -0.4 is 5.11 Å². The van der Waals surface area contributed by atoms with Crippen LogP contribution in [0.25, 0.3) is 0 Å². The number of hydrogen-bond donors (Lipinski definition) is 0. The maximum absolute atomic E-state index is 12.4. The van der Waals surface area contributed by atoms with Crippen LogP contribution in [0.1, 0.15) is 149 Å². The topological polar surface area (TPSA) is 102 Å². The fraction of sp³-hybridized carbons (Fsp3) is 0.912. The molecule has 8 nitrogen and oxygen atoms in total. The first kappa shape index (κ1) is 40.3. The van der Waals surface area contributed by atoms with Crippen LogP contribution in [-0.4, -0.2) is 75.5 Å². The number of aliphatic carboxylic acids is 1. The average molecular weight is 600 g/mol. The van der Waals surface area contributed by atoms with Gasteiger partial charge in [0.15, 0.2) is 6.10 Å². The van der Waals surface area contributed by atoms with Gasteiger partial charge in [-0.2, -0.15) is 0 Å². The quantitative estimate of drug-likeness (QED) is 0.0527. The summed E-state index contributed by atoms with van der Waals surface area (Å²) in [5.41, 5.74) is 0. The Morgan fingerprint density at radius 3 is 1.50 bits per heavy atom. The van der Waals surface area contributed by atoms with E-state index >= 15 is 0 Å². The van der Waals surface area contributed by atoms with Gasteiger partial charge in [0, 0.05) is 19.3 Å². The molecule has 0 fully saturated rings. The van der Waals surface area contributed by atoms with Crippen LogP contribution in [0.5, 0.6) is 0 Å². The van der Waals surface area contributed by atoms with Crippen molar-refractivity contribution in [3.8, 4) is 0 Å². The minimum Gasteiger partial charge on any atom is -0.544 e. The van der Waals surface area contributed by atoms with Crippen molar-refractivity contribution in [2.75, 3.05) is 41.0 Å². The van der Waals surface area contributed by atoms with Gasteiger partial charge in [-0.05, 0) is 6.42 Å². The van der Waals surface area contributed by atoms with E-state index in [1.807, 2.05) is 0 Å². The second kappa shape index (κ2) is 26.9. The number of likely N-dealkylation sites (N-methyl/N-ethyl adjacent to an activating group) is 1. The second-order valence-electron chi connectivity index (χ2n) is 12.7. The molecule has 42 heavy (non-hydrogen) atoms. The van der Waals surface area contributed by atoms with E-state index in [2.05, 4.69) is 6.92 Å². The van der Waals surface area contributed by atoms with Gasteiger partial charge in [-0.25, -0.2) is 0 Å². The summed E-state index contributed by atoms with van der Waals surface area (Å²) in [5.74, 6) is -1.83. The van der Waals surface area contributed by atoms with Crippen molar-refractivity contribution in [1.29, 1.82) is 0 Å². The molecule has 0 N–H and O–H groups in total. The number of hydrogen-bond acceptors (Lipinski definition) is 7. The first-order valence-electron chi connectivity index (χ1n) is 17.1. The number of carboxylic acids is 1. The first-order chi connectivity index (χ1) is 20.1. The Morgan fingerprint density at radius 2 is 1.10 bits per heavy atom. The maximum Gasteiger partial charge on any atom is 0.306 e. The molecule has 8 heteroatoms. The van der Waals surface area contributed by atoms with Gasteiger partial charge in [0.05, 0.1) is 40.3 Å². The zero-order valence-corrected chi connectivity index (χ0v) is 27.9. The number of carboxylic acid groups (broad SMARTS) is 1. The van der Waals surface area contributed by atoms with Crippen molar-refractivity contribution in [2.24, 2.45) is 0 Å². The molecule has 2 unspecified atom stereocenters. The molecule has 0 aromatic heterocycles. The molecule has 2 atom stereocenters.